The highest BCUT2D eigenvalue weighted by molar-refractivity contribution is 5.85. The van der Waals surface area contributed by atoms with Crippen LogP contribution in [0.4, 0.5) is 0 Å². The average Bonchev–Trinajstić information content (AvgIpc) is 2.45. The molecule has 2 aromatic carbocycles. The van der Waals surface area contributed by atoms with Gasteiger partial charge < -0.3 is 5.32 Å². The van der Waals surface area contributed by atoms with Crippen molar-refractivity contribution in [3.05, 3.63) is 48.0 Å². The molecule has 0 bridgehead atoms. The maximum Gasteiger partial charge on any atom is 0.00104 e. The van der Waals surface area contributed by atoms with E-state index in [1.165, 1.54) is 35.6 Å². The minimum Gasteiger partial charge on any atom is -0.314 e. The molecule has 0 spiro atoms. The fourth-order valence-electron chi connectivity index (χ4n) is 2.87. The summed E-state index contributed by atoms with van der Waals surface area (Å²) in [6.07, 6.45) is 3.73. The van der Waals surface area contributed by atoms with Crippen LogP contribution in [0.1, 0.15) is 39.2 Å². The summed E-state index contributed by atoms with van der Waals surface area (Å²) in [6, 6.07) is 16.0. The topological polar surface area (TPSA) is 12.0 Å². The number of nitrogens with one attached hydrogen (secondary N) is 1. The minimum absolute atomic E-state index is 0.571. The van der Waals surface area contributed by atoms with E-state index < -0.39 is 0 Å². The summed E-state index contributed by atoms with van der Waals surface area (Å²) < 4.78 is 0. The van der Waals surface area contributed by atoms with Gasteiger partial charge in [-0.05, 0) is 41.6 Å². The van der Waals surface area contributed by atoms with Crippen molar-refractivity contribution < 1.29 is 0 Å². The van der Waals surface area contributed by atoms with Gasteiger partial charge in [0, 0.05) is 6.04 Å². The molecule has 20 heavy (non-hydrogen) atoms. The molecular weight excluding hydrogens is 242 g/mol. The summed E-state index contributed by atoms with van der Waals surface area (Å²) in [5, 5.41) is 6.37. The first-order chi connectivity index (χ1) is 9.70. The second kappa shape index (κ2) is 7.44. The molecule has 1 N–H and O–H groups in total. The fourth-order valence-corrected chi connectivity index (χ4v) is 2.87. The number of benzene rings is 2. The van der Waals surface area contributed by atoms with Crippen LogP contribution in [0.5, 0.6) is 0 Å². The highest BCUT2D eigenvalue weighted by Crippen LogP contribution is 2.22. The van der Waals surface area contributed by atoms with Gasteiger partial charge in [0.2, 0.25) is 0 Å². The molecule has 0 fully saturated rings. The Morgan fingerprint density at radius 3 is 2.50 bits per heavy atom. The lowest BCUT2D eigenvalue weighted by molar-refractivity contribution is 0.419. The lowest BCUT2D eigenvalue weighted by atomic mass is 9.92. The van der Waals surface area contributed by atoms with Crippen molar-refractivity contribution in [3.8, 4) is 0 Å². The van der Waals surface area contributed by atoms with E-state index >= 15 is 0 Å². The third-order valence-corrected chi connectivity index (χ3v) is 3.90. The van der Waals surface area contributed by atoms with Gasteiger partial charge in [-0.25, -0.2) is 0 Å². The Morgan fingerprint density at radius 2 is 1.75 bits per heavy atom. The second-order valence-electron chi connectivity index (χ2n) is 6.06. The standard InChI is InChI=1S/C19H27N/c1-4-8-16(14-20-15(2)3)13-18-11-7-10-17-9-5-6-12-19(17)18/h5-7,9-12,15-16,20H,4,8,13-14H2,1-3H3. The monoisotopic (exact) mass is 269 g/mol. The van der Waals surface area contributed by atoms with Crippen molar-refractivity contribution in [1.29, 1.82) is 0 Å². The zero-order chi connectivity index (χ0) is 14.4. The van der Waals surface area contributed by atoms with E-state index in [1.807, 2.05) is 0 Å². The molecule has 0 amide bonds. The molecule has 0 aliphatic heterocycles. The van der Waals surface area contributed by atoms with Gasteiger partial charge in [-0.2, -0.15) is 0 Å². The molecule has 1 atom stereocenters. The van der Waals surface area contributed by atoms with Crippen LogP contribution in [0.3, 0.4) is 0 Å². The van der Waals surface area contributed by atoms with E-state index in [0.29, 0.717) is 6.04 Å². The van der Waals surface area contributed by atoms with Gasteiger partial charge in [0.1, 0.15) is 0 Å². The predicted molar refractivity (Wildman–Crippen MR) is 89.2 cm³/mol. The Morgan fingerprint density at radius 1 is 1.00 bits per heavy atom. The van der Waals surface area contributed by atoms with Crippen LogP contribution in [-0.2, 0) is 6.42 Å². The summed E-state index contributed by atoms with van der Waals surface area (Å²) in [5.74, 6) is 0.730. The number of fused-ring (bicyclic) bond motifs is 1. The Balaban J connectivity index is 2.15. The first-order valence-electron chi connectivity index (χ1n) is 7.90. The smallest absolute Gasteiger partial charge is 0.00104 e. The van der Waals surface area contributed by atoms with E-state index in [9.17, 15) is 0 Å². The Bertz CT molecular complexity index is 525. The van der Waals surface area contributed by atoms with Crippen LogP contribution < -0.4 is 5.32 Å². The summed E-state index contributed by atoms with van der Waals surface area (Å²) in [6.45, 7) is 7.85. The third kappa shape index (κ3) is 4.08. The van der Waals surface area contributed by atoms with E-state index in [2.05, 4.69) is 68.6 Å². The summed E-state index contributed by atoms with van der Waals surface area (Å²) in [4.78, 5) is 0. The van der Waals surface area contributed by atoms with Crippen molar-refractivity contribution >= 4 is 10.8 Å². The van der Waals surface area contributed by atoms with Crippen molar-refractivity contribution in [2.45, 2.75) is 46.1 Å². The molecule has 2 rings (SSSR count). The Hall–Kier alpha value is -1.34. The SMILES string of the molecule is CCCC(CNC(C)C)Cc1cccc2ccccc12. The predicted octanol–water partition coefficient (Wildman–Crippen LogP) is 4.80. The lowest BCUT2D eigenvalue weighted by Gasteiger charge is -2.19. The molecule has 0 heterocycles. The van der Waals surface area contributed by atoms with Gasteiger partial charge in [0.05, 0.1) is 0 Å². The maximum atomic E-state index is 3.60. The number of hydrogen-bond donors (Lipinski definition) is 1. The van der Waals surface area contributed by atoms with Crippen molar-refractivity contribution in [2.75, 3.05) is 6.54 Å². The lowest BCUT2D eigenvalue weighted by Crippen LogP contribution is -2.30. The van der Waals surface area contributed by atoms with Gasteiger partial charge in [0.25, 0.3) is 0 Å². The number of hydrogen-bond acceptors (Lipinski definition) is 1. The number of rotatable bonds is 7. The van der Waals surface area contributed by atoms with E-state index in [4.69, 9.17) is 0 Å². The molecule has 0 saturated carbocycles. The summed E-state index contributed by atoms with van der Waals surface area (Å²) >= 11 is 0. The summed E-state index contributed by atoms with van der Waals surface area (Å²) in [5.41, 5.74) is 1.49. The Kier molecular flexibility index (Phi) is 5.60. The van der Waals surface area contributed by atoms with Gasteiger partial charge in [-0.1, -0.05) is 69.7 Å². The van der Waals surface area contributed by atoms with E-state index in [-0.39, 0.29) is 0 Å². The molecule has 0 aliphatic carbocycles. The first-order valence-corrected chi connectivity index (χ1v) is 7.90. The molecule has 0 aromatic heterocycles. The molecular formula is C19H27N. The Labute approximate surface area is 123 Å². The molecule has 0 aliphatic rings. The molecule has 1 unspecified atom stereocenters. The largest absolute Gasteiger partial charge is 0.314 e. The van der Waals surface area contributed by atoms with Crippen molar-refractivity contribution in [3.63, 3.8) is 0 Å². The quantitative estimate of drug-likeness (QED) is 0.761. The van der Waals surface area contributed by atoms with E-state index in [1.54, 1.807) is 0 Å². The van der Waals surface area contributed by atoms with Crippen LogP contribution in [0.25, 0.3) is 10.8 Å². The second-order valence-corrected chi connectivity index (χ2v) is 6.06. The molecule has 1 heteroatoms. The van der Waals surface area contributed by atoms with Crippen LogP contribution in [0.15, 0.2) is 42.5 Å². The third-order valence-electron chi connectivity index (χ3n) is 3.90. The van der Waals surface area contributed by atoms with Crippen LogP contribution in [0.2, 0.25) is 0 Å². The molecule has 0 saturated heterocycles. The summed E-state index contributed by atoms with van der Waals surface area (Å²) in [7, 11) is 0. The van der Waals surface area contributed by atoms with Crippen LogP contribution >= 0.6 is 0 Å². The zero-order valence-electron chi connectivity index (χ0n) is 13.0. The first kappa shape index (κ1) is 15.1. The van der Waals surface area contributed by atoms with Crippen molar-refractivity contribution in [1.82, 2.24) is 5.32 Å². The molecule has 108 valence electrons. The molecule has 0 radical (unpaired) electrons. The molecule has 2 aromatic rings. The minimum atomic E-state index is 0.571. The van der Waals surface area contributed by atoms with Gasteiger partial charge in [-0.3, -0.25) is 0 Å². The van der Waals surface area contributed by atoms with E-state index in [0.717, 1.165) is 12.5 Å². The van der Waals surface area contributed by atoms with Crippen molar-refractivity contribution in [2.24, 2.45) is 5.92 Å². The van der Waals surface area contributed by atoms with Gasteiger partial charge in [0.15, 0.2) is 0 Å². The van der Waals surface area contributed by atoms with Crippen LogP contribution in [0, 0.1) is 5.92 Å². The average molecular weight is 269 g/mol. The maximum absolute atomic E-state index is 3.60. The molecule has 1 nitrogen and oxygen atoms in total. The van der Waals surface area contributed by atoms with Gasteiger partial charge >= 0.3 is 0 Å². The van der Waals surface area contributed by atoms with Gasteiger partial charge in [-0.15, -0.1) is 0 Å². The highest BCUT2D eigenvalue weighted by Gasteiger charge is 2.11. The zero-order valence-corrected chi connectivity index (χ0v) is 13.0. The fraction of sp³-hybridized carbons (Fsp3) is 0.474. The normalized spacial score (nSPS) is 13.0. The van der Waals surface area contributed by atoms with Crippen LogP contribution in [-0.4, -0.2) is 12.6 Å². The highest BCUT2D eigenvalue weighted by atomic mass is 14.9.